The lowest BCUT2D eigenvalue weighted by Crippen LogP contribution is -2.53. The highest BCUT2D eigenvalue weighted by Gasteiger charge is 2.41. The maximum atomic E-state index is 13.8. The standard InChI is InChI=1S/C51H66N6O9/c1-34(40(24-26-44(52)58)53-50(62)43-32-39-16-7-13-37-15-9-19-46(60)57(43)47(37)39)66-33-36-22-20-35(21-23-36)12-10-30-64-28-5-3-4-6-29-65-31-11-17-38-14-8-18-41-48(38)55(2)51(63)56(41)42-25-27-45(59)54-49(42)61/h7-8,13-14,16,18,20-23,34,40,42-43H,3-6,9-12,15,17,19,24-33H2,1-2H3,(H2,52,58)(H,53,62)(H,54,59,61)/t34-,40+,42?,43+/m1/s1. The van der Waals surface area contributed by atoms with Crippen LogP contribution in [0.2, 0.25) is 0 Å². The number of fused-ring (bicyclic) bond motifs is 1. The summed E-state index contributed by atoms with van der Waals surface area (Å²) in [6, 6.07) is 18.3. The SMILES string of the molecule is C[C@@H](OCc1ccc(CCCOCCCCCCOCCCc2cccc3c2n(C)c(=O)n3C2CCC(=O)NC2=O)cc1)[C@H](CCC(N)=O)NC(=O)[C@@H]1Cc2cccc3c2N1C(=O)CCC3. The number of aryl methyl sites for hydroxylation is 4. The number of carbonyl (C=O) groups is 5. The smallest absolute Gasteiger partial charge is 0.329 e. The Kier molecular flexibility index (Phi) is 17.0. The minimum absolute atomic E-state index is 0.0314. The number of hydrogen-bond donors (Lipinski definition) is 3. The number of aromatic nitrogens is 2. The molecule has 7 rings (SSSR count). The third kappa shape index (κ3) is 12.0. The maximum Gasteiger partial charge on any atom is 0.329 e. The summed E-state index contributed by atoms with van der Waals surface area (Å²) >= 11 is 0. The monoisotopic (exact) mass is 906 g/mol. The van der Waals surface area contributed by atoms with Crippen LogP contribution in [-0.4, -0.2) is 83.3 Å². The number of rotatable bonds is 25. The van der Waals surface area contributed by atoms with Crippen LogP contribution < -0.4 is 27.0 Å². The molecule has 0 aliphatic carbocycles. The summed E-state index contributed by atoms with van der Waals surface area (Å²) in [6.07, 6.45) is 10.5. The third-order valence-electron chi connectivity index (χ3n) is 13.2. The zero-order valence-electron chi connectivity index (χ0n) is 38.5. The number of primary amides is 1. The first kappa shape index (κ1) is 48.3. The fraction of sp³-hybridized carbons (Fsp3) is 0.529. The van der Waals surface area contributed by atoms with Crippen LogP contribution in [0.25, 0.3) is 11.0 Å². The molecule has 1 fully saturated rings. The van der Waals surface area contributed by atoms with E-state index in [9.17, 15) is 28.8 Å². The van der Waals surface area contributed by atoms with E-state index in [0.717, 1.165) is 104 Å². The van der Waals surface area contributed by atoms with Crippen molar-refractivity contribution in [2.24, 2.45) is 12.8 Å². The normalized spacial score (nSPS) is 18.0. The van der Waals surface area contributed by atoms with Crippen molar-refractivity contribution in [1.82, 2.24) is 19.8 Å². The number of benzene rings is 3. The van der Waals surface area contributed by atoms with E-state index in [0.29, 0.717) is 57.6 Å². The van der Waals surface area contributed by atoms with E-state index in [1.807, 2.05) is 43.3 Å². The second-order valence-corrected chi connectivity index (χ2v) is 18.0. The molecule has 66 heavy (non-hydrogen) atoms. The molecule has 3 aliphatic heterocycles. The van der Waals surface area contributed by atoms with Crippen molar-refractivity contribution >= 4 is 46.3 Å². The van der Waals surface area contributed by atoms with E-state index in [4.69, 9.17) is 19.9 Å². The number of nitrogens with one attached hydrogen (secondary N) is 2. The molecule has 15 heteroatoms. The van der Waals surface area contributed by atoms with Crippen LogP contribution in [0.5, 0.6) is 0 Å². The summed E-state index contributed by atoms with van der Waals surface area (Å²) in [5.41, 5.74) is 13.0. The van der Waals surface area contributed by atoms with Crippen molar-refractivity contribution in [2.75, 3.05) is 31.3 Å². The summed E-state index contributed by atoms with van der Waals surface area (Å²) < 4.78 is 21.2. The van der Waals surface area contributed by atoms with Crippen molar-refractivity contribution in [3.8, 4) is 0 Å². The Hall–Kier alpha value is -5.64. The van der Waals surface area contributed by atoms with Crippen LogP contribution in [-0.2, 0) is 77.5 Å². The summed E-state index contributed by atoms with van der Waals surface area (Å²) in [4.78, 5) is 77.8. The number of nitrogens with zero attached hydrogens (tertiary/aromatic N) is 3. The first-order chi connectivity index (χ1) is 32.0. The number of piperidine rings is 1. The Bertz CT molecular complexity index is 2410. The Morgan fingerprint density at radius 3 is 2.23 bits per heavy atom. The van der Waals surface area contributed by atoms with Gasteiger partial charge in [-0.1, -0.05) is 67.4 Å². The maximum absolute atomic E-state index is 13.8. The molecule has 4 N–H and O–H groups in total. The van der Waals surface area contributed by atoms with Crippen molar-refractivity contribution in [3.63, 3.8) is 0 Å². The quantitative estimate of drug-likeness (QED) is 0.0575. The molecular formula is C51H66N6O9. The highest BCUT2D eigenvalue weighted by Crippen LogP contribution is 2.39. The zero-order valence-corrected chi connectivity index (χ0v) is 38.5. The first-order valence-corrected chi connectivity index (χ1v) is 23.9. The van der Waals surface area contributed by atoms with Crippen molar-refractivity contribution < 1.29 is 38.2 Å². The fourth-order valence-electron chi connectivity index (χ4n) is 9.64. The Labute approximate surface area is 386 Å². The van der Waals surface area contributed by atoms with E-state index in [1.165, 1.54) is 10.1 Å². The van der Waals surface area contributed by atoms with Gasteiger partial charge in [0.2, 0.25) is 29.5 Å². The predicted octanol–water partition coefficient (Wildman–Crippen LogP) is 5.43. The Morgan fingerprint density at radius 2 is 1.50 bits per heavy atom. The second-order valence-electron chi connectivity index (χ2n) is 18.0. The molecule has 3 aromatic carbocycles. The second kappa shape index (κ2) is 23.2. The number of unbranched alkanes of at least 4 members (excludes halogenated alkanes) is 3. The molecule has 1 unspecified atom stereocenters. The number of para-hydroxylation sites is 2. The molecule has 3 aliphatic rings. The van der Waals surface area contributed by atoms with Crippen molar-refractivity contribution in [2.45, 2.75) is 140 Å². The minimum Gasteiger partial charge on any atom is -0.381 e. The Morgan fingerprint density at radius 1 is 0.818 bits per heavy atom. The number of ether oxygens (including phenoxy) is 3. The molecule has 1 aromatic heterocycles. The first-order valence-electron chi connectivity index (χ1n) is 23.9. The fourth-order valence-corrected chi connectivity index (χ4v) is 9.64. The highest BCUT2D eigenvalue weighted by molar-refractivity contribution is 6.05. The molecule has 4 atom stereocenters. The average molecular weight is 907 g/mol. The number of carbonyl (C=O) groups excluding carboxylic acids is 5. The molecule has 1 saturated heterocycles. The summed E-state index contributed by atoms with van der Waals surface area (Å²) in [5, 5.41) is 5.48. The van der Waals surface area contributed by atoms with Gasteiger partial charge in [0, 0.05) is 59.2 Å². The Balaban J connectivity index is 0.736. The average Bonchev–Trinajstić information content (AvgIpc) is 3.76. The van der Waals surface area contributed by atoms with E-state index in [2.05, 4.69) is 34.9 Å². The van der Waals surface area contributed by atoms with Crippen LogP contribution in [0, 0.1) is 0 Å². The van der Waals surface area contributed by atoms with Gasteiger partial charge in [0.25, 0.3) is 0 Å². The molecule has 5 amide bonds. The van der Waals surface area contributed by atoms with Gasteiger partial charge in [0.1, 0.15) is 12.1 Å². The van der Waals surface area contributed by atoms with Crippen molar-refractivity contribution in [1.29, 1.82) is 0 Å². The number of imidazole rings is 1. The number of amides is 5. The largest absolute Gasteiger partial charge is 0.381 e. The summed E-state index contributed by atoms with van der Waals surface area (Å²) in [5.74, 6) is -1.46. The molecule has 0 spiro atoms. The van der Waals surface area contributed by atoms with E-state index in [-0.39, 0.29) is 36.3 Å². The van der Waals surface area contributed by atoms with Crippen LogP contribution in [0.4, 0.5) is 5.69 Å². The molecule has 0 radical (unpaired) electrons. The molecule has 354 valence electrons. The van der Waals surface area contributed by atoms with E-state index >= 15 is 0 Å². The zero-order chi connectivity index (χ0) is 46.6. The summed E-state index contributed by atoms with van der Waals surface area (Å²) in [6.45, 7) is 5.00. The van der Waals surface area contributed by atoms with Gasteiger partial charge >= 0.3 is 5.69 Å². The van der Waals surface area contributed by atoms with Gasteiger partial charge in [0.15, 0.2) is 0 Å². The molecule has 15 nitrogen and oxygen atoms in total. The number of imide groups is 1. The molecule has 0 saturated carbocycles. The minimum atomic E-state index is -0.694. The highest BCUT2D eigenvalue weighted by atomic mass is 16.5. The van der Waals surface area contributed by atoms with Gasteiger partial charge < -0.3 is 25.3 Å². The van der Waals surface area contributed by atoms with Gasteiger partial charge in [-0.2, -0.15) is 0 Å². The van der Waals surface area contributed by atoms with Crippen LogP contribution in [0.15, 0.2) is 65.5 Å². The lowest BCUT2D eigenvalue weighted by atomic mass is 10.0. The van der Waals surface area contributed by atoms with E-state index < -0.39 is 36.0 Å². The third-order valence-corrected chi connectivity index (χ3v) is 13.2. The van der Waals surface area contributed by atoms with Gasteiger partial charge in [-0.15, -0.1) is 0 Å². The molecule has 4 aromatic rings. The topological polar surface area (TPSA) is 193 Å². The van der Waals surface area contributed by atoms with Gasteiger partial charge in [-0.25, -0.2) is 4.79 Å². The lowest BCUT2D eigenvalue weighted by Gasteiger charge is -2.29. The van der Waals surface area contributed by atoms with Gasteiger partial charge in [0.05, 0.1) is 35.5 Å². The molecule has 0 bridgehead atoms. The molecular weight excluding hydrogens is 841 g/mol. The molecule has 4 heterocycles. The lowest BCUT2D eigenvalue weighted by molar-refractivity contribution is -0.135. The van der Waals surface area contributed by atoms with Crippen LogP contribution in [0.3, 0.4) is 0 Å². The van der Waals surface area contributed by atoms with Gasteiger partial charge in [-0.3, -0.25) is 43.3 Å². The van der Waals surface area contributed by atoms with Crippen LogP contribution in [0.1, 0.15) is 118 Å². The summed E-state index contributed by atoms with van der Waals surface area (Å²) in [7, 11) is 1.73. The van der Waals surface area contributed by atoms with Crippen molar-refractivity contribution in [3.05, 3.63) is 99.0 Å². The number of hydrogen-bond acceptors (Lipinski definition) is 9. The predicted molar refractivity (Wildman–Crippen MR) is 251 cm³/mol. The van der Waals surface area contributed by atoms with Gasteiger partial charge in [-0.05, 0) is 105 Å². The van der Waals surface area contributed by atoms with E-state index in [1.54, 1.807) is 16.5 Å². The number of nitrogens with two attached hydrogens (primary N) is 1. The number of anilines is 1. The van der Waals surface area contributed by atoms with Crippen LogP contribution >= 0.6 is 0 Å².